The third-order valence-corrected chi connectivity index (χ3v) is 6.81. The summed E-state index contributed by atoms with van der Waals surface area (Å²) in [5.74, 6) is 0.874. The van der Waals surface area contributed by atoms with Gasteiger partial charge in [-0.1, -0.05) is 65.9 Å². The minimum absolute atomic E-state index is 0.0872. The van der Waals surface area contributed by atoms with Gasteiger partial charge in [0.15, 0.2) is 10.2 Å². The van der Waals surface area contributed by atoms with Gasteiger partial charge < -0.3 is 14.6 Å². The van der Waals surface area contributed by atoms with Crippen LogP contribution in [-0.4, -0.2) is 15.0 Å². The average Bonchev–Trinajstić information content (AvgIpc) is 3.41. The highest BCUT2D eigenvalue weighted by Crippen LogP contribution is 2.41. The zero-order valence-corrected chi connectivity index (χ0v) is 19.3. The maximum Gasteiger partial charge on any atom is 0.170 e. The number of benzene rings is 2. The zero-order valence-electron chi connectivity index (χ0n) is 17.6. The van der Waals surface area contributed by atoms with Crippen molar-refractivity contribution in [2.75, 3.05) is 0 Å². The van der Waals surface area contributed by atoms with Crippen LogP contribution in [0, 0.1) is 6.92 Å². The van der Waals surface area contributed by atoms with Crippen LogP contribution in [0.1, 0.15) is 34.7 Å². The van der Waals surface area contributed by atoms with Crippen LogP contribution in [-0.2, 0) is 6.54 Å². The molecule has 0 aliphatic carbocycles. The molecule has 1 fully saturated rings. The third-order valence-electron chi connectivity index (χ3n) is 5.53. The molecule has 0 saturated carbocycles. The van der Waals surface area contributed by atoms with Crippen molar-refractivity contribution in [3.05, 3.63) is 114 Å². The molecule has 2 aromatic heterocycles. The molecule has 4 aromatic rings. The fourth-order valence-corrected chi connectivity index (χ4v) is 5.02. The highest BCUT2D eigenvalue weighted by atomic mass is 32.2. The van der Waals surface area contributed by atoms with Gasteiger partial charge in [-0.25, -0.2) is 0 Å². The normalized spacial score (nSPS) is 18.0. The van der Waals surface area contributed by atoms with E-state index in [0.717, 1.165) is 21.4 Å². The number of aromatic nitrogens is 1. The third kappa shape index (κ3) is 4.42. The fourth-order valence-electron chi connectivity index (χ4n) is 3.94. The van der Waals surface area contributed by atoms with Crippen LogP contribution in [0.5, 0.6) is 0 Å². The Balaban J connectivity index is 1.47. The van der Waals surface area contributed by atoms with Crippen LogP contribution in [0.15, 0.2) is 106 Å². The first-order valence-electron chi connectivity index (χ1n) is 10.5. The van der Waals surface area contributed by atoms with Crippen LogP contribution >= 0.6 is 24.0 Å². The van der Waals surface area contributed by atoms with Gasteiger partial charge in [0, 0.05) is 17.6 Å². The molecule has 1 saturated heterocycles. The molecule has 1 aliphatic heterocycles. The molecule has 3 heterocycles. The van der Waals surface area contributed by atoms with Crippen LogP contribution in [0.25, 0.3) is 0 Å². The van der Waals surface area contributed by atoms with Crippen molar-refractivity contribution >= 4 is 29.1 Å². The number of thiocarbonyl (C=S) groups is 1. The Morgan fingerprint density at radius 2 is 1.75 bits per heavy atom. The van der Waals surface area contributed by atoms with Crippen LogP contribution in [0.2, 0.25) is 0 Å². The van der Waals surface area contributed by atoms with Gasteiger partial charge in [0.05, 0.1) is 11.7 Å². The lowest BCUT2D eigenvalue weighted by Gasteiger charge is -2.26. The van der Waals surface area contributed by atoms with Gasteiger partial charge in [-0.3, -0.25) is 4.98 Å². The summed E-state index contributed by atoms with van der Waals surface area (Å²) in [6.45, 7) is 2.79. The number of pyridine rings is 1. The Labute approximate surface area is 197 Å². The van der Waals surface area contributed by atoms with Crippen molar-refractivity contribution in [1.29, 1.82) is 0 Å². The molecule has 0 amide bonds. The van der Waals surface area contributed by atoms with Crippen molar-refractivity contribution < 1.29 is 4.42 Å². The quantitative estimate of drug-likeness (QED) is 0.342. The number of hydrogen-bond donors (Lipinski definition) is 1. The van der Waals surface area contributed by atoms with E-state index in [9.17, 15) is 0 Å². The Bertz CT molecular complexity index is 1190. The number of rotatable bonds is 6. The second-order valence-electron chi connectivity index (χ2n) is 7.81. The summed E-state index contributed by atoms with van der Waals surface area (Å²) in [4.78, 5) is 7.95. The van der Waals surface area contributed by atoms with Gasteiger partial charge in [0.2, 0.25) is 0 Å². The van der Waals surface area contributed by atoms with Crippen molar-refractivity contribution in [1.82, 2.24) is 15.2 Å². The molecule has 0 bridgehead atoms. The predicted octanol–water partition coefficient (Wildman–Crippen LogP) is 6.31. The van der Waals surface area contributed by atoms with E-state index in [4.69, 9.17) is 16.6 Å². The van der Waals surface area contributed by atoms with Gasteiger partial charge in [-0.05, 0) is 61.1 Å². The van der Waals surface area contributed by atoms with Gasteiger partial charge in [0.25, 0.3) is 0 Å². The number of aryl methyl sites for hydroxylation is 1. The van der Waals surface area contributed by atoms with E-state index in [0.29, 0.717) is 11.7 Å². The summed E-state index contributed by atoms with van der Waals surface area (Å²) < 4.78 is 6.36. The molecule has 0 unspecified atom stereocenters. The average molecular weight is 458 g/mol. The van der Waals surface area contributed by atoms with E-state index in [2.05, 4.69) is 76.7 Å². The Morgan fingerprint density at radius 3 is 2.50 bits per heavy atom. The summed E-state index contributed by atoms with van der Waals surface area (Å²) in [5.41, 5.74) is 3.39. The van der Waals surface area contributed by atoms with E-state index in [1.807, 2.05) is 36.5 Å². The number of hydrogen-bond acceptors (Lipinski definition) is 4. The topological polar surface area (TPSA) is 41.3 Å². The number of nitrogens with one attached hydrogen (secondary N) is 1. The maximum atomic E-state index is 6.36. The van der Waals surface area contributed by atoms with E-state index < -0.39 is 0 Å². The molecule has 2 atom stereocenters. The molecule has 2 aromatic carbocycles. The first-order chi connectivity index (χ1) is 15.7. The van der Waals surface area contributed by atoms with Crippen molar-refractivity contribution in [2.45, 2.75) is 35.5 Å². The van der Waals surface area contributed by atoms with Crippen molar-refractivity contribution in [2.24, 2.45) is 0 Å². The summed E-state index contributed by atoms with van der Waals surface area (Å²) >= 11 is 7.38. The molecule has 0 spiro atoms. The Hall–Kier alpha value is -3.09. The van der Waals surface area contributed by atoms with Gasteiger partial charge >= 0.3 is 0 Å². The lowest BCUT2D eigenvalue weighted by atomic mass is 10.0. The molecule has 160 valence electrons. The number of furan rings is 1. The Morgan fingerprint density at radius 1 is 0.969 bits per heavy atom. The molecule has 1 aliphatic rings. The molecule has 6 heteroatoms. The predicted molar refractivity (Wildman–Crippen MR) is 131 cm³/mol. The maximum absolute atomic E-state index is 6.36. The SMILES string of the molecule is Cc1ccc(Sc2ccc([C@@H]3[C@H](c4ccccn4)NC(=S)N3Cc3ccccc3)o2)cc1. The lowest BCUT2D eigenvalue weighted by molar-refractivity contribution is 0.254. The second-order valence-corrected chi connectivity index (χ2v) is 9.28. The van der Waals surface area contributed by atoms with Gasteiger partial charge in [0.1, 0.15) is 11.8 Å². The highest BCUT2D eigenvalue weighted by molar-refractivity contribution is 7.99. The monoisotopic (exact) mass is 457 g/mol. The van der Waals surface area contributed by atoms with E-state index in [-0.39, 0.29) is 12.1 Å². The molecular weight excluding hydrogens is 434 g/mol. The highest BCUT2D eigenvalue weighted by Gasteiger charge is 2.41. The summed E-state index contributed by atoms with van der Waals surface area (Å²) in [7, 11) is 0. The smallest absolute Gasteiger partial charge is 0.170 e. The molecule has 0 radical (unpaired) electrons. The second kappa shape index (κ2) is 9.18. The molecule has 5 rings (SSSR count). The first-order valence-corrected chi connectivity index (χ1v) is 11.8. The lowest BCUT2D eigenvalue weighted by Crippen LogP contribution is -2.28. The first kappa shape index (κ1) is 20.8. The molecule has 4 nitrogen and oxygen atoms in total. The van der Waals surface area contributed by atoms with Crippen molar-refractivity contribution in [3.8, 4) is 0 Å². The summed E-state index contributed by atoms with van der Waals surface area (Å²) in [5, 5.41) is 5.05. The van der Waals surface area contributed by atoms with E-state index >= 15 is 0 Å². The van der Waals surface area contributed by atoms with Crippen LogP contribution in [0.3, 0.4) is 0 Å². The van der Waals surface area contributed by atoms with Crippen LogP contribution < -0.4 is 5.32 Å². The standard InChI is InChI=1S/C26H23N3OS2/c1-18-10-12-20(13-11-18)32-23-15-14-22(30-23)25-24(21-9-5-6-16-27-21)28-26(31)29(25)17-19-7-3-2-4-8-19/h2-16,24-25H,17H2,1H3,(H,28,31)/t24-,25+/m0/s1. The molecule has 1 N–H and O–H groups in total. The van der Waals surface area contributed by atoms with E-state index in [1.54, 1.807) is 11.8 Å². The van der Waals surface area contributed by atoms with Crippen molar-refractivity contribution in [3.63, 3.8) is 0 Å². The minimum Gasteiger partial charge on any atom is -0.452 e. The molecule has 32 heavy (non-hydrogen) atoms. The van der Waals surface area contributed by atoms with Gasteiger partial charge in [-0.2, -0.15) is 0 Å². The summed E-state index contributed by atoms with van der Waals surface area (Å²) in [6.07, 6.45) is 1.82. The molecular formula is C26H23N3OS2. The fraction of sp³-hybridized carbons (Fsp3) is 0.154. The van der Waals surface area contributed by atoms with E-state index in [1.165, 1.54) is 11.1 Å². The Kier molecular flexibility index (Phi) is 5.97. The summed E-state index contributed by atoms with van der Waals surface area (Å²) in [6, 6.07) is 28.7. The minimum atomic E-state index is -0.0926. The van der Waals surface area contributed by atoms with Gasteiger partial charge in [-0.15, -0.1) is 0 Å². The largest absolute Gasteiger partial charge is 0.452 e. The number of nitrogens with zero attached hydrogens (tertiary/aromatic N) is 2. The zero-order chi connectivity index (χ0) is 21.9. The van der Waals surface area contributed by atoms with Crippen LogP contribution in [0.4, 0.5) is 0 Å².